The molecule has 114 valence electrons. The maximum Gasteiger partial charge on any atom is 0.329 e. The highest BCUT2D eigenvalue weighted by Gasteiger charge is 2.49. The molecule has 6 heteroatoms. The molecule has 1 aliphatic heterocycles. The fraction of sp³-hybridized carbons (Fsp3) is 0.467. The van der Waals surface area contributed by atoms with E-state index in [-0.39, 0.29) is 17.1 Å². The molecule has 1 aromatic carbocycles. The van der Waals surface area contributed by atoms with Gasteiger partial charge in [-0.15, -0.1) is 0 Å². The van der Waals surface area contributed by atoms with Crippen LogP contribution in [0.5, 0.6) is 11.5 Å². The van der Waals surface area contributed by atoms with Gasteiger partial charge in [-0.05, 0) is 37.5 Å². The maximum absolute atomic E-state index is 12.6. The molecule has 6 nitrogen and oxygen atoms in total. The number of benzene rings is 1. The van der Waals surface area contributed by atoms with Crippen molar-refractivity contribution in [2.24, 2.45) is 0 Å². The van der Waals surface area contributed by atoms with Gasteiger partial charge in [-0.3, -0.25) is 4.79 Å². The number of carboxylic acid groups (broad SMARTS) is 1. The Morgan fingerprint density at radius 2 is 2.05 bits per heavy atom. The molecule has 1 aromatic rings. The van der Waals surface area contributed by atoms with Gasteiger partial charge in [0.05, 0.1) is 5.56 Å². The Bertz CT molecular complexity index is 571. The summed E-state index contributed by atoms with van der Waals surface area (Å²) in [5, 5.41) is 28.9. The van der Waals surface area contributed by atoms with Crippen molar-refractivity contribution in [3.8, 4) is 11.5 Å². The molecule has 3 N–H and O–H groups in total. The minimum absolute atomic E-state index is 0.0707. The lowest BCUT2D eigenvalue weighted by molar-refractivity contribution is -0.148. The van der Waals surface area contributed by atoms with Gasteiger partial charge in [-0.25, -0.2) is 4.79 Å². The van der Waals surface area contributed by atoms with E-state index in [9.17, 15) is 24.9 Å². The number of carbonyl (C=O) groups excluding carboxylic acids is 1. The van der Waals surface area contributed by atoms with E-state index >= 15 is 0 Å². The molecule has 1 heterocycles. The Hall–Kier alpha value is -2.24. The predicted molar refractivity (Wildman–Crippen MR) is 75.3 cm³/mol. The van der Waals surface area contributed by atoms with E-state index in [0.29, 0.717) is 32.2 Å². The molecular weight excluding hydrogens is 274 g/mol. The number of hydrogen-bond donors (Lipinski definition) is 3. The van der Waals surface area contributed by atoms with E-state index in [4.69, 9.17) is 0 Å². The SMILES string of the molecule is CCCC1(C(=O)O)CCCN1C(=O)c1cc(O)ccc1O. The summed E-state index contributed by atoms with van der Waals surface area (Å²) >= 11 is 0. The van der Waals surface area contributed by atoms with Crippen LogP contribution >= 0.6 is 0 Å². The molecule has 0 spiro atoms. The second-order valence-electron chi connectivity index (χ2n) is 5.35. The normalized spacial score (nSPS) is 21.5. The minimum atomic E-state index is -1.22. The number of likely N-dealkylation sites (tertiary alicyclic amines) is 1. The highest BCUT2D eigenvalue weighted by atomic mass is 16.4. The Labute approximate surface area is 122 Å². The van der Waals surface area contributed by atoms with Crippen molar-refractivity contribution in [2.45, 2.75) is 38.1 Å². The summed E-state index contributed by atoms with van der Waals surface area (Å²) in [6.07, 6.45) is 2.02. The van der Waals surface area contributed by atoms with E-state index in [0.717, 1.165) is 6.07 Å². The van der Waals surface area contributed by atoms with Gasteiger partial charge < -0.3 is 20.2 Å². The molecule has 0 radical (unpaired) electrons. The average Bonchev–Trinajstić information content (AvgIpc) is 2.86. The van der Waals surface area contributed by atoms with E-state index in [2.05, 4.69) is 0 Å². The van der Waals surface area contributed by atoms with Crippen LogP contribution in [0.4, 0.5) is 0 Å². The molecule has 0 aromatic heterocycles. The van der Waals surface area contributed by atoms with Gasteiger partial charge in [0.1, 0.15) is 17.0 Å². The molecule has 0 saturated carbocycles. The van der Waals surface area contributed by atoms with Crippen LogP contribution in [-0.4, -0.2) is 44.2 Å². The number of phenolic OH excluding ortho intramolecular Hbond substituents is 2. The maximum atomic E-state index is 12.6. The molecule has 1 atom stereocenters. The van der Waals surface area contributed by atoms with Crippen molar-refractivity contribution in [1.29, 1.82) is 0 Å². The third kappa shape index (κ3) is 2.53. The van der Waals surface area contributed by atoms with Crippen molar-refractivity contribution in [3.05, 3.63) is 23.8 Å². The Morgan fingerprint density at radius 1 is 1.33 bits per heavy atom. The molecule has 21 heavy (non-hydrogen) atoms. The van der Waals surface area contributed by atoms with Crippen LogP contribution in [0.25, 0.3) is 0 Å². The van der Waals surface area contributed by atoms with Gasteiger partial charge in [0.25, 0.3) is 5.91 Å². The topological polar surface area (TPSA) is 98.1 Å². The number of aromatic hydroxyl groups is 2. The van der Waals surface area contributed by atoms with Crippen molar-refractivity contribution in [1.82, 2.24) is 4.90 Å². The fourth-order valence-electron chi connectivity index (χ4n) is 3.02. The molecule has 1 amide bonds. The quantitative estimate of drug-likeness (QED) is 0.737. The smallest absolute Gasteiger partial charge is 0.329 e. The summed E-state index contributed by atoms with van der Waals surface area (Å²) in [7, 11) is 0. The lowest BCUT2D eigenvalue weighted by Crippen LogP contribution is -2.53. The summed E-state index contributed by atoms with van der Waals surface area (Å²) < 4.78 is 0. The molecule has 0 aliphatic carbocycles. The molecule has 1 saturated heterocycles. The number of hydrogen-bond acceptors (Lipinski definition) is 4. The summed E-state index contributed by atoms with van der Waals surface area (Å²) in [5.41, 5.74) is -1.29. The van der Waals surface area contributed by atoms with Gasteiger partial charge >= 0.3 is 5.97 Å². The van der Waals surface area contributed by atoms with Crippen LogP contribution in [0.15, 0.2) is 18.2 Å². The van der Waals surface area contributed by atoms with Gasteiger partial charge in [0.2, 0.25) is 0 Å². The number of phenols is 2. The lowest BCUT2D eigenvalue weighted by atomic mass is 9.90. The van der Waals surface area contributed by atoms with Gasteiger partial charge in [-0.1, -0.05) is 13.3 Å². The highest BCUT2D eigenvalue weighted by molar-refractivity contribution is 6.00. The zero-order valence-electron chi connectivity index (χ0n) is 11.9. The third-order valence-corrected chi connectivity index (χ3v) is 4.01. The number of nitrogens with zero attached hydrogens (tertiary/aromatic N) is 1. The Kier molecular flexibility index (Phi) is 4.06. The zero-order chi connectivity index (χ0) is 15.6. The van der Waals surface area contributed by atoms with Crippen LogP contribution in [0.2, 0.25) is 0 Å². The molecular formula is C15H19NO5. The Morgan fingerprint density at radius 3 is 2.67 bits per heavy atom. The Balaban J connectivity index is 2.41. The van der Waals surface area contributed by atoms with Crippen molar-refractivity contribution >= 4 is 11.9 Å². The van der Waals surface area contributed by atoms with Gasteiger partial charge in [0, 0.05) is 6.54 Å². The molecule has 1 unspecified atom stereocenters. The van der Waals surface area contributed by atoms with Crippen molar-refractivity contribution in [2.75, 3.05) is 6.54 Å². The van der Waals surface area contributed by atoms with E-state index in [1.54, 1.807) is 0 Å². The van der Waals surface area contributed by atoms with Crippen LogP contribution in [-0.2, 0) is 4.79 Å². The van der Waals surface area contributed by atoms with E-state index < -0.39 is 17.4 Å². The first-order valence-electron chi connectivity index (χ1n) is 6.99. The van der Waals surface area contributed by atoms with Crippen molar-refractivity contribution < 1.29 is 24.9 Å². The van der Waals surface area contributed by atoms with Crippen LogP contribution < -0.4 is 0 Å². The molecule has 1 fully saturated rings. The standard InChI is InChI=1S/C15H19NO5/c1-2-6-15(14(20)21)7-3-8-16(15)13(19)11-9-10(17)4-5-12(11)18/h4-5,9,17-18H,2-3,6-8H2,1H3,(H,20,21). The van der Waals surface area contributed by atoms with Crippen LogP contribution in [0, 0.1) is 0 Å². The van der Waals surface area contributed by atoms with Gasteiger partial charge in [-0.2, -0.15) is 0 Å². The number of aliphatic carboxylic acids is 1. The van der Waals surface area contributed by atoms with E-state index in [1.165, 1.54) is 17.0 Å². The van der Waals surface area contributed by atoms with Crippen molar-refractivity contribution in [3.63, 3.8) is 0 Å². The fourth-order valence-corrected chi connectivity index (χ4v) is 3.02. The molecule has 2 rings (SSSR count). The summed E-state index contributed by atoms with van der Waals surface area (Å²) in [4.78, 5) is 25.6. The zero-order valence-corrected chi connectivity index (χ0v) is 11.9. The number of amides is 1. The minimum Gasteiger partial charge on any atom is -0.508 e. The summed E-state index contributed by atoms with van der Waals surface area (Å²) in [6.45, 7) is 2.21. The molecule has 1 aliphatic rings. The predicted octanol–water partition coefficient (Wildman–Crippen LogP) is 1.96. The highest BCUT2D eigenvalue weighted by Crippen LogP contribution is 2.36. The monoisotopic (exact) mass is 293 g/mol. The lowest BCUT2D eigenvalue weighted by Gasteiger charge is -2.34. The second-order valence-corrected chi connectivity index (χ2v) is 5.35. The first-order chi connectivity index (χ1) is 9.92. The van der Waals surface area contributed by atoms with E-state index in [1.807, 2.05) is 6.92 Å². The molecule has 0 bridgehead atoms. The number of carbonyl (C=O) groups is 2. The summed E-state index contributed by atoms with van der Waals surface area (Å²) in [5.74, 6) is -1.99. The third-order valence-electron chi connectivity index (χ3n) is 4.01. The van der Waals surface area contributed by atoms with Crippen LogP contribution in [0.1, 0.15) is 43.0 Å². The van der Waals surface area contributed by atoms with Gasteiger partial charge in [0.15, 0.2) is 0 Å². The first kappa shape index (κ1) is 15.2. The number of carboxylic acids is 1. The van der Waals surface area contributed by atoms with Crippen LogP contribution in [0.3, 0.4) is 0 Å². The first-order valence-corrected chi connectivity index (χ1v) is 6.99. The largest absolute Gasteiger partial charge is 0.508 e. The average molecular weight is 293 g/mol. The summed E-state index contributed by atoms with van der Waals surface area (Å²) in [6, 6.07) is 3.65. The second kappa shape index (κ2) is 5.63. The number of rotatable bonds is 4.